The molecule has 1 amide bonds. The van der Waals surface area contributed by atoms with Gasteiger partial charge in [-0.15, -0.1) is 0 Å². The van der Waals surface area contributed by atoms with Gasteiger partial charge in [0, 0.05) is 5.56 Å². The van der Waals surface area contributed by atoms with Crippen molar-refractivity contribution in [2.45, 2.75) is 0 Å². The molecule has 0 saturated heterocycles. The molecular formula is C13H8F2NO. The van der Waals surface area contributed by atoms with Gasteiger partial charge in [-0.1, -0.05) is 30.3 Å². The third kappa shape index (κ3) is 2.15. The Morgan fingerprint density at radius 2 is 1.82 bits per heavy atom. The number of nitrogens with two attached hydrogens (primary N) is 1. The Morgan fingerprint density at radius 3 is 2.41 bits per heavy atom. The smallest absolute Gasteiger partial charge is 0.252 e. The molecule has 4 heteroatoms. The molecule has 0 spiro atoms. The lowest BCUT2D eigenvalue weighted by Crippen LogP contribution is -2.15. The van der Waals surface area contributed by atoms with Crippen LogP contribution in [-0.2, 0) is 0 Å². The number of carbonyl (C=O) groups is 1. The van der Waals surface area contributed by atoms with E-state index in [0.29, 0.717) is 5.56 Å². The standard InChI is InChI=1S/C13H8F2NO/c14-9-6-10(8-4-2-1-3-5-8)12(13(16)17)11(15)7-9/h1-6H,(H2,16,17). The minimum absolute atomic E-state index is 0.131. The lowest BCUT2D eigenvalue weighted by molar-refractivity contribution is 0.0997. The number of hydrogen-bond donors (Lipinski definition) is 1. The minimum Gasteiger partial charge on any atom is -0.365 e. The van der Waals surface area contributed by atoms with Crippen molar-refractivity contribution < 1.29 is 13.6 Å². The van der Waals surface area contributed by atoms with Crippen molar-refractivity contribution in [2.75, 3.05) is 0 Å². The normalized spacial score (nSPS) is 10.2. The summed E-state index contributed by atoms with van der Waals surface area (Å²) < 4.78 is 26.6. The summed E-state index contributed by atoms with van der Waals surface area (Å²) in [7, 11) is 0. The fourth-order valence-electron chi connectivity index (χ4n) is 1.61. The molecule has 0 bridgehead atoms. The highest BCUT2D eigenvalue weighted by Crippen LogP contribution is 2.26. The Hall–Kier alpha value is -2.23. The van der Waals surface area contributed by atoms with Crippen LogP contribution in [-0.4, -0.2) is 5.91 Å². The third-order valence-corrected chi connectivity index (χ3v) is 2.32. The molecule has 0 fully saturated rings. The van der Waals surface area contributed by atoms with Gasteiger partial charge < -0.3 is 5.73 Å². The second-order valence-electron chi connectivity index (χ2n) is 3.45. The van der Waals surface area contributed by atoms with Crippen LogP contribution in [0.25, 0.3) is 11.1 Å². The van der Waals surface area contributed by atoms with Crippen molar-refractivity contribution in [3.8, 4) is 11.1 Å². The Labute approximate surface area is 96.7 Å². The first-order valence-corrected chi connectivity index (χ1v) is 4.86. The Balaban J connectivity index is 2.72. The molecule has 2 aromatic rings. The van der Waals surface area contributed by atoms with Crippen molar-refractivity contribution in [2.24, 2.45) is 5.73 Å². The summed E-state index contributed by atoms with van der Waals surface area (Å²) in [5, 5.41) is 0. The number of halogens is 2. The first kappa shape index (κ1) is 11.3. The van der Waals surface area contributed by atoms with Crippen LogP contribution >= 0.6 is 0 Å². The number of rotatable bonds is 2. The SMILES string of the molecule is NC(=O)c1c(F)[c]c(F)cc1-c1ccccc1. The van der Waals surface area contributed by atoms with Crippen LogP contribution in [0, 0.1) is 17.7 Å². The second kappa shape index (κ2) is 4.33. The second-order valence-corrected chi connectivity index (χ2v) is 3.45. The van der Waals surface area contributed by atoms with Crippen LogP contribution in [0.2, 0.25) is 0 Å². The summed E-state index contributed by atoms with van der Waals surface area (Å²) >= 11 is 0. The number of carbonyl (C=O) groups excluding carboxylic acids is 1. The molecule has 2 nitrogen and oxygen atoms in total. The molecule has 17 heavy (non-hydrogen) atoms. The summed E-state index contributed by atoms with van der Waals surface area (Å²) in [6.45, 7) is 0. The van der Waals surface area contributed by atoms with Gasteiger partial charge in [-0.3, -0.25) is 4.79 Å². The van der Waals surface area contributed by atoms with Crippen LogP contribution in [0.15, 0.2) is 36.4 Å². The largest absolute Gasteiger partial charge is 0.365 e. The quantitative estimate of drug-likeness (QED) is 0.849. The molecule has 2 N–H and O–H groups in total. The lowest BCUT2D eigenvalue weighted by Gasteiger charge is -2.08. The predicted molar refractivity (Wildman–Crippen MR) is 59.1 cm³/mol. The molecule has 0 aliphatic carbocycles. The van der Waals surface area contributed by atoms with Gasteiger partial charge in [0.1, 0.15) is 11.6 Å². The van der Waals surface area contributed by atoms with Gasteiger partial charge in [0.2, 0.25) is 0 Å². The van der Waals surface area contributed by atoms with Crippen molar-refractivity contribution in [1.82, 2.24) is 0 Å². The van der Waals surface area contributed by atoms with Gasteiger partial charge in [0.05, 0.1) is 11.6 Å². The molecule has 85 valence electrons. The summed E-state index contributed by atoms with van der Waals surface area (Å²) in [6.07, 6.45) is 0. The topological polar surface area (TPSA) is 43.1 Å². The first-order chi connectivity index (χ1) is 8.09. The average molecular weight is 232 g/mol. The van der Waals surface area contributed by atoms with E-state index in [1.54, 1.807) is 36.4 Å². The van der Waals surface area contributed by atoms with Crippen molar-refractivity contribution in [1.29, 1.82) is 0 Å². The molecule has 0 unspecified atom stereocenters. The molecule has 0 aliphatic heterocycles. The fraction of sp³-hybridized carbons (Fsp3) is 0. The van der Waals surface area contributed by atoms with Crippen LogP contribution < -0.4 is 5.73 Å². The molecular weight excluding hydrogens is 224 g/mol. The molecule has 0 saturated carbocycles. The zero-order valence-corrected chi connectivity index (χ0v) is 8.71. The van der Waals surface area contributed by atoms with E-state index in [1.165, 1.54) is 0 Å². The van der Waals surface area contributed by atoms with E-state index in [0.717, 1.165) is 6.07 Å². The van der Waals surface area contributed by atoms with Gasteiger partial charge in [0.15, 0.2) is 0 Å². The van der Waals surface area contributed by atoms with Gasteiger partial charge in [-0.05, 0) is 11.6 Å². The molecule has 0 heterocycles. The molecule has 0 atom stereocenters. The fourth-order valence-corrected chi connectivity index (χ4v) is 1.61. The van der Waals surface area contributed by atoms with Crippen LogP contribution in [0.1, 0.15) is 10.4 Å². The highest BCUT2D eigenvalue weighted by atomic mass is 19.1. The number of primary amides is 1. The van der Waals surface area contributed by atoms with Gasteiger partial charge in [0.25, 0.3) is 5.91 Å². The maximum absolute atomic E-state index is 13.5. The average Bonchev–Trinajstić information content (AvgIpc) is 2.28. The number of benzene rings is 2. The van der Waals surface area contributed by atoms with E-state index >= 15 is 0 Å². The van der Waals surface area contributed by atoms with E-state index < -0.39 is 17.5 Å². The minimum atomic E-state index is -1.07. The van der Waals surface area contributed by atoms with Crippen LogP contribution in [0.4, 0.5) is 8.78 Å². The number of amides is 1. The Morgan fingerprint density at radius 1 is 1.18 bits per heavy atom. The van der Waals surface area contributed by atoms with Gasteiger partial charge in [-0.25, -0.2) is 8.78 Å². The predicted octanol–water partition coefficient (Wildman–Crippen LogP) is 2.53. The summed E-state index contributed by atoms with van der Waals surface area (Å²) in [4.78, 5) is 11.2. The van der Waals surface area contributed by atoms with Crippen molar-refractivity contribution in [3.63, 3.8) is 0 Å². The van der Waals surface area contributed by atoms with Crippen molar-refractivity contribution >= 4 is 5.91 Å². The van der Waals surface area contributed by atoms with E-state index in [-0.39, 0.29) is 11.1 Å². The highest BCUT2D eigenvalue weighted by Gasteiger charge is 2.17. The lowest BCUT2D eigenvalue weighted by atomic mass is 9.98. The van der Waals surface area contributed by atoms with Gasteiger partial charge in [-0.2, -0.15) is 0 Å². The molecule has 0 aliphatic rings. The molecule has 0 aromatic heterocycles. The molecule has 2 rings (SSSR count). The first-order valence-electron chi connectivity index (χ1n) is 4.86. The summed E-state index contributed by atoms with van der Waals surface area (Å²) in [6, 6.07) is 11.3. The zero-order chi connectivity index (χ0) is 12.4. The Kier molecular flexibility index (Phi) is 2.87. The van der Waals surface area contributed by atoms with E-state index in [9.17, 15) is 13.6 Å². The zero-order valence-electron chi connectivity index (χ0n) is 8.71. The van der Waals surface area contributed by atoms with Gasteiger partial charge >= 0.3 is 0 Å². The molecule has 2 aromatic carbocycles. The molecule has 1 radical (unpaired) electrons. The van der Waals surface area contributed by atoms with E-state index in [4.69, 9.17) is 5.73 Å². The van der Waals surface area contributed by atoms with Crippen LogP contribution in [0.3, 0.4) is 0 Å². The summed E-state index contributed by atoms with van der Waals surface area (Å²) in [5.74, 6) is -2.89. The van der Waals surface area contributed by atoms with Crippen molar-refractivity contribution in [3.05, 3.63) is 59.7 Å². The summed E-state index contributed by atoms with van der Waals surface area (Å²) in [5.41, 5.74) is 5.38. The number of hydrogen-bond acceptors (Lipinski definition) is 1. The van der Waals surface area contributed by atoms with Crippen LogP contribution in [0.5, 0.6) is 0 Å². The monoisotopic (exact) mass is 232 g/mol. The third-order valence-electron chi connectivity index (χ3n) is 2.32. The maximum atomic E-state index is 13.5. The van der Waals surface area contributed by atoms with E-state index in [2.05, 4.69) is 0 Å². The highest BCUT2D eigenvalue weighted by molar-refractivity contribution is 6.00. The Bertz CT molecular complexity index is 567. The maximum Gasteiger partial charge on any atom is 0.252 e. The van der Waals surface area contributed by atoms with E-state index in [1.807, 2.05) is 0 Å².